The molecule has 0 bridgehead atoms. The normalized spacial score (nSPS) is 18.9. The van der Waals surface area contributed by atoms with E-state index in [-0.39, 0.29) is 0 Å². The molecule has 0 spiro atoms. The standard InChI is InChI=1S/C17H27NO2/c1-3-20-17-7-5-4-6-15(17)16(19)10-13-18-11-8-14(2)9-12-18/h4-7,14,16,19H,3,8-13H2,1-2H3. The molecule has 3 heteroatoms. The van der Waals surface area contributed by atoms with Crippen LogP contribution in [-0.4, -0.2) is 36.2 Å². The molecule has 0 saturated carbocycles. The number of likely N-dealkylation sites (tertiary alicyclic amines) is 1. The van der Waals surface area contributed by atoms with Gasteiger partial charge >= 0.3 is 0 Å². The molecule has 1 fully saturated rings. The molecule has 1 atom stereocenters. The number of ether oxygens (including phenoxy) is 1. The number of piperidine rings is 1. The Balaban J connectivity index is 1.86. The van der Waals surface area contributed by atoms with E-state index in [1.807, 2.05) is 31.2 Å². The van der Waals surface area contributed by atoms with Gasteiger partial charge in [-0.05, 0) is 51.3 Å². The Labute approximate surface area is 122 Å². The Hall–Kier alpha value is -1.06. The second kappa shape index (κ2) is 7.65. The van der Waals surface area contributed by atoms with Gasteiger partial charge in [-0.2, -0.15) is 0 Å². The molecule has 1 aromatic rings. The first kappa shape index (κ1) is 15.3. The Morgan fingerprint density at radius 2 is 2.00 bits per heavy atom. The van der Waals surface area contributed by atoms with Crippen molar-refractivity contribution in [3.8, 4) is 5.75 Å². The zero-order valence-electron chi connectivity index (χ0n) is 12.7. The van der Waals surface area contributed by atoms with E-state index < -0.39 is 6.10 Å². The highest BCUT2D eigenvalue weighted by Gasteiger charge is 2.18. The van der Waals surface area contributed by atoms with Crippen LogP contribution in [-0.2, 0) is 0 Å². The lowest BCUT2D eigenvalue weighted by atomic mass is 9.98. The fourth-order valence-electron chi connectivity index (χ4n) is 2.79. The molecule has 1 saturated heterocycles. The molecule has 20 heavy (non-hydrogen) atoms. The lowest BCUT2D eigenvalue weighted by molar-refractivity contribution is 0.123. The molecule has 0 radical (unpaired) electrons. The van der Waals surface area contributed by atoms with Gasteiger partial charge in [0.2, 0.25) is 0 Å². The van der Waals surface area contributed by atoms with Crippen molar-refractivity contribution in [3.05, 3.63) is 29.8 Å². The van der Waals surface area contributed by atoms with Crippen LogP contribution in [0.5, 0.6) is 5.75 Å². The van der Waals surface area contributed by atoms with Crippen LogP contribution in [0.3, 0.4) is 0 Å². The molecule has 112 valence electrons. The summed E-state index contributed by atoms with van der Waals surface area (Å²) < 4.78 is 5.59. The van der Waals surface area contributed by atoms with Gasteiger partial charge < -0.3 is 14.7 Å². The molecule has 1 heterocycles. The van der Waals surface area contributed by atoms with Gasteiger partial charge in [-0.1, -0.05) is 25.1 Å². The highest BCUT2D eigenvalue weighted by molar-refractivity contribution is 5.35. The number of hydrogen-bond acceptors (Lipinski definition) is 3. The third-order valence-corrected chi connectivity index (χ3v) is 4.17. The summed E-state index contributed by atoms with van der Waals surface area (Å²) >= 11 is 0. The lowest BCUT2D eigenvalue weighted by Gasteiger charge is -2.30. The first-order chi connectivity index (χ1) is 9.70. The second-order valence-corrected chi connectivity index (χ2v) is 5.80. The van der Waals surface area contributed by atoms with Crippen molar-refractivity contribution in [2.75, 3.05) is 26.2 Å². The van der Waals surface area contributed by atoms with Crippen molar-refractivity contribution >= 4 is 0 Å². The molecule has 0 amide bonds. The van der Waals surface area contributed by atoms with E-state index in [4.69, 9.17) is 4.74 Å². The van der Waals surface area contributed by atoms with E-state index in [0.717, 1.165) is 30.2 Å². The van der Waals surface area contributed by atoms with Crippen molar-refractivity contribution in [2.45, 2.75) is 39.2 Å². The monoisotopic (exact) mass is 277 g/mol. The van der Waals surface area contributed by atoms with E-state index in [2.05, 4.69) is 11.8 Å². The minimum absolute atomic E-state index is 0.433. The van der Waals surface area contributed by atoms with Gasteiger partial charge in [-0.3, -0.25) is 0 Å². The van der Waals surface area contributed by atoms with Crippen molar-refractivity contribution < 1.29 is 9.84 Å². The SMILES string of the molecule is CCOc1ccccc1C(O)CCN1CCC(C)CC1. The largest absolute Gasteiger partial charge is 0.493 e. The number of para-hydroxylation sites is 1. The number of rotatable bonds is 6. The van der Waals surface area contributed by atoms with Crippen molar-refractivity contribution in [1.82, 2.24) is 4.90 Å². The van der Waals surface area contributed by atoms with Crippen molar-refractivity contribution in [2.24, 2.45) is 5.92 Å². The van der Waals surface area contributed by atoms with Gasteiger partial charge in [0, 0.05) is 12.1 Å². The van der Waals surface area contributed by atoms with Crippen LogP contribution in [0.2, 0.25) is 0 Å². The summed E-state index contributed by atoms with van der Waals surface area (Å²) in [5.74, 6) is 1.67. The molecule has 1 aliphatic rings. The molecular weight excluding hydrogens is 250 g/mol. The fraction of sp³-hybridized carbons (Fsp3) is 0.647. The number of nitrogens with zero attached hydrogens (tertiary/aromatic N) is 1. The second-order valence-electron chi connectivity index (χ2n) is 5.80. The van der Waals surface area contributed by atoms with Crippen LogP contribution in [0, 0.1) is 5.92 Å². The summed E-state index contributed by atoms with van der Waals surface area (Å²) in [7, 11) is 0. The quantitative estimate of drug-likeness (QED) is 0.866. The summed E-state index contributed by atoms with van der Waals surface area (Å²) in [5, 5.41) is 10.4. The Bertz CT molecular complexity index is 400. The Morgan fingerprint density at radius 1 is 1.30 bits per heavy atom. The molecule has 1 unspecified atom stereocenters. The number of aliphatic hydroxyl groups excluding tert-OH is 1. The fourth-order valence-corrected chi connectivity index (χ4v) is 2.79. The summed E-state index contributed by atoms with van der Waals surface area (Å²) in [4.78, 5) is 2.46. The number of benzene rings is 1. The van der Waals surface area contributed by atoms with Crippen LogP contribution < -0.4 is 4.74 Å². The van der Waals surface area contributed by atoms with E-state index in [9.17, 15) is 5.11 Å². The van der Waals surface area contributed by atoms with Crippen molar-refractivity contribution in [1.29, 1.82) is 0 Å². The lowest BCUT2D eigenvalue weighted by Crippen LogP contribution is -2.34. The maximum atomic E-state index is 10.4. The number of aliphatic hydroxyl groups is 1. The van der Waals surface area contributed by atoms with Crippen LogP contribution in [0.4, 0.5) is 0 Å². The van der Waals surface area contributed by atoms with E-state index in [1.54, 1.807) is 0 Å². The van der Waals surface area contributed by atoms with Crippen LogP contribution in [0.25, 0.3) is 0 Å². The highest BCUT2D eigenvalue weighted by atomic mass is 16.5. The minimum Gasteiger partial charge on any atom is -0.493 e. The third kappa shape index (κ3) is 4.22. The molecular formula is C17H27NO2. The zero-order valence-corrected chi connectivity index (χ0v) is 12.7. The van der Waals surface area contributed by atoms with Crippen LogP contribution >= 0.6 is 0 Å². The zero-order chi connectivity index (χ0) is 14.4. The van der Waals surface area contributed by atoms with Crippen LogP contribution in [0.15, 0.2) is 24.3 Å². The van der Waals surface area contributed by atoms with Crippen LogP contribution in [0.1, 0.15) is 44.8 Å². The van der Waals surface area contributed by atoms with Gasteiger partial charge in [0.25, 0.3) is 0 Å². The molecule has 3 nitrogen and oxygen atoms in total. The molecule has 1 N–H and O–H groups in total. The van der Waals surface area contributed by atoms with E-state index in [0.29, 0.717) is 6.61 Å². The Morgan fingerprint density at radius 3 is 2.70 bits per heavy atom. The molecule has 1 aliphatic heterocycles. The predicted octanol–water partition coefficient (Wildman–Crippen LogP) is 3.24. The molecule has 1 aromatic carbocycles. The predicted molar refractivity (Wildman–Crippen MR) is 82.0 cm³/mol. The maximum Gasteiger partial charge on any atom is 0.125 e. The Kier molecular flexibility index (Phi) is 5.86. The summed E-state index contributed by atoms with van der Waals surface area (Å²) in [5.41, 5.74) is 0.916. The minimum atomic E-state index is -0.433. The highest BCUT2D eigenvalue weighted by Crippen LogP contribution is 2.27. The van der Waals surface area contributed by atoms with Gasteiger partial charge in [-0.15, -0.1) is 0 Å². The summed E-state index contributed by atoms with van der Waals surface area (Å²) in [6.45, 7) is 8.23. The molecule has 0 aliphatic carbocycles. The summed E-state index contributed by atoms with van der Waals surface area (Å²) in [6, 6.07) is 7.81. The molecule has 0 aromatic heterocycles. The number of hydrogen-bond donors (Lipinski definition) is 1. The van der Waals surface area contributed by atoms with E-state index >= 15 is 0 Å². The van der Waals surface area contributed by atoms with Crippen molar-refractivity contribution in [3.63, 3.8) is 0 Å². The third-order valence-electron chi connectivity index (χ3n) is 4.17. The first-order valence-electron chi connectivity index (χ1n) is 7.82. The summed E-state index contributed by atoms with van der Waals surface area (Å²) in [6.07, 6.45) is 2.91. The van der Waals surface area contributed by atoms with Gasteiger partial charge in [0.05, 0.1) is 12.7 Å². The van der Waals surface area contributed by atoms with Gasteiger partial charge in [-0.25, -0.2) is 0 Å². The maximum absolute atomic E-state index is 10.4. The average Bonchev–Trinajstić information content (AvgIpc) is 2.47. The molecule has 2 rings (SSSR count). The topological polar surface area (TPSA) is 32.7 Å². The smallest absolute Gasteiger partial charge is 0.125 e. The van der Waals surface area contributed by atoms with Gasteiger partial charge in [0.15, 0.2) is 0 Å². The first-order valence-corrected chi connectivity index (χ1v) is 7.82. The van der Waals surface area contributed by atoms with Gasteiger partial charge in [0.1, 0.15) is 5.75 Å². The van der Waals surface area contributed by atoms with E-state index in [1.165, 1.54) is 25.9 Å². The average molecular weight is 277 g/mol.